The summed E-state index contributed by atoms with van der Waals surface area (Å²) in [5, 5.41) is 0. The highest BCUT2D eigenvalue weighted by Crippen LogP contribution is 2.37. The molecule has 4 heteroatoms. The fraction of sp³-hybridized carbons (Fsp3) is 0.818. The molecule has 0 N–H and O–H groups in total. The molecule has 1 aliphatic carbocycles. The molecule has 1 aliphatic heterocycles. The van der Waals surface area contributed by atoms with Crippen molar-refractivity contribution < 1.29 is 14.3 Å². The van der Waals surface area contributed by atoms with Crippen molar-refractivity contribution in [1.29, 1.82) is 0 Å². The van der Waals surface area contributed by atoms with Gasteiger partial charge in [-0.25, -0.2) is 4.79 Å². The first-order valence-corrected chi connectivity index (χ1v) is 5.37. The number of carbonyl (C=O) groups excluding carboxylic acids is 2. The van der Waals surface area contributed by atoms with Gasteiger partial charge in [-0.1, -0.05) is 0 Å². The van der Waals surface area contributed by atoms with E-state index < -0.39 is 5.60 Å². The highest BCUT2D eigenvalue weighted by molar-refractivity contribution is 5.89. The Morgan fingerprint density at radius 2 is 2.07 bits per heavy atom. The molecule has 0 aromatic heterocycles. The zero-order valence-corrected chi connectivity index (χ0v) is 9.45. The van der Waals surface area contributed by atoms with Crippen molar-refractivity contribution in [1.82, 2.24) is 4.90 Å². The number of ketones is 1. The van der Waals surface area contributed by atoms with E-state index in [0.29, 0.717) is 31.2 Å². The molecule has 0 aromatic carbocycles. The molecule has 1 saturated heterocycles. The summed E-state index contributed by atoms with van der Waals surface area (Å²) in [6, 6.07) is 0. The molecule has 0 spiro atoms. The zero-order valence-electron chi connectivity index (χ0n) is 9.45. The lowest BCUT2D eigenvalue weighted by atomic mass is 9.75. The number of carbonyl (C=O) groups is 2. The molecule has 0 bridgehead atoms. The van der Waals surface area contributed by atoms with Gasteiger partial charge in [-0.2, -0.15) is 0 Å². The minimum atomic E-state index is -0.456. The molecule has 2 fully saturated rings. The number of hydrogen-bond donors (Lipinski definition) is 0. The summed E-state index contributed by atoms with van der Waals surface area (Å²) < 4.78 is 5.26. The lowest BCUT2D eigenvalue weighted by Gasteiger charge is -2.25. The molecule has 84 valence electrons. The van der Waals surface area contributed by atoms with Crippen LogP contribution < -0.4 is 0 Å². The first-order valence-electron chi connectivity index (χ1n) is 5.37. The van der Waals surface area contributed by atoms with Crippen molar-refractivity contribution in [3.63, 3.8) is 0 Å². The number of likely N-dealkylation sites (tertiary alicyclic amines) is 1. The van der Waals surface area contributed by atoms with Gasteiger partial charge in [0.2, 0.25) is 0 Å². The summed E-state index contributed by atoms with van der Waals surface area (Å²) >= 11 is 0. The van der Waals surface area contributed by atoms with Crippen LogP contribution in [0.15, 0.2) is 0 Å². The molecule has 4 nitrogen and oxygen atoms in total. The van der Waals surface area contributed by atoms with Gasteiger partial charge in [-0.05, 0) is 26.7 Å². The van der Waals surface area contributed by atoms with E-state index >= 15 is 0 Å². The third-order valence-corrected chi connectivity index (χ3v) is 2.97. The molecule has 0 radical (unpaired) electrons. The first kappa shape index (κ1) is 10.5. The zero-order chi connectivity index (χ0) is 11.2. The third kappa shape index (κ3) is 1.98. The standard InChI is InChI=1S/C11H17NO3/c1-11(2,3)15-10(14)12-5-7-4-9(13)8(7)6-12/h7-8H,4-6H2,1-3H3/t7-,8-/m0/s1. The van der Waals surface area contributed by atoms with Crippen LogP contribution in [0, 0.1) is 11.8 Å². The van der Waals surface area contributed by atoms with E-state index in [-0.39, 0.29) is 12.0 Å². The maximum atomic E-state index is 11.7. The Bertz CT molecular complexity index is 305. The monoisotopic (exact) mass is 211 g/mol. The van der Waals surface area contributed by atoms with E-state index in [2.05, 4.69) is 0 Å². The average Bonchev–Trinajstić information content (AvgIpc) is 2.39. The number of hydrogen-bond acceptors (Lipinski definition) is 3. The smallest absolute Gasteiger partial charge is 0.410 e. The van der Waals surface area contributed by atoms with Gasteiger partial charge in [0, 0.05) is 25.4 Å². The number of ether oxygens (including phenoxy) is 1. The molecule has 2 atom stereocenters. The molecule has 2 rings (SSSR count). The number of nitrogens with zero attached hydrogens (tertiary/aromatic N) is 1. The van der Waals surface area contributed by atoms with Gasteiger partial charge >= 0.3 is 6.09 Å². The maximum absolute atomic E-state index is 11.7. The van der Waals surface area contributed by atoms with Crippen molar-refractivity contribution in [2.45, 2.75) is 32.8 Å². The quantitative estimate of drug-likeness (QED) is 0.609. The number of Topliss-reactive ketones (excluding diaryl/α,β-unsaturated/α-hetero) is 1. The van der Waals surface area contributed by atoms with Crippen LogP contribution in [0.5, 0.6) is 0 Å². The molecule has 1 heterocycles. The highest BCUT2D eigenvalue weighted by atomic mass is 16.6. The second kappa shape index (κ2) is 3.22. The van der Waals surface area contributed by atoms with Crippen LogP contribution in [0.2, 0.25) is 0 Å². The van der Waals surface area contributed by atoms with E-state index in [0.717, 1.165) is 0 Å². The van der Waals surface area contributed by atoms with Crippen LogP contribution in [0.3, 0.4) is 0 Å². The highest BCUT2D eigenvalue weighted by Gasteiger charge is 2.48. The summed E-state index contributed by atoms with van der Waals surface area (Å²) in [6.45, 7) is 6.78. The molecule has 15 heavy (non-hydrogen) atoms. The summed E-state index contributed by atoms with van der Waals surface area (Å²) in [5.74, 6) is 0.786. The van der Waals surface area contributed by atoms with E-state index in [9.17, 15) is 9.59 Å². The minimum Gasteiger partial charge on any atom is -0.444 e. The minimum absolute atomic E-state index is 0.0949. The van der Waals surface area contributed by atoms with E-state index in [1.54, 1.807) is 4.90 Å². The molecule has 0 unspecified atom stereocenters. The van der Waals surface area contributed by atoms with Crippen molar-refractivity contribution >= 4 is 11.9 Å². The Hall–Kier alpha value is -1.06. The molecular formula is C11H17NO3. The SMILES string of the molecule is CC(C)(C)OC(=O)N1C[C@@H]2CC(=O)[C@H]2C1. The Morgan fingerprint density at radius 1 is 1.40 bits per heavy atom. The van der Waals surface area contributed by atoms with Crippen LogP contribution >= 0.6 is 0 Å². The molecule has 2 aliphatic rings. The second-order valence-corrected chi connectivity index (χ2v) is 5.42. The fourth-order valence-electron chi connectivity index (χ4n) is 2.17. The molecule has 0 aromatic rings. The molecular weight excluding hydrogens is 194 g/mol. The van der Waals surface area contributed by atoms with Gasteiger partial charge in [0.05, 0.1) is 0 Å². The van der Waals surface area contributed by atoms with Gasteiger partial charge < -0.3 is 9.64 Å². The molecule has 1 amide bonds. The van der Waals surface area contributed by atoms with Crippen molar-refractivity contribution in [2.24, 2.45) is 11.8 Å². The van der Waals surface area contributed by atoms with Crippen molar-refractivity contribution in [3.8, 4) is 0 Å². The van der Waals surface area contributed by atoms with Crippen LogP contribution in [0.1, 0.15) is 27.2 Å². The third-order valence-electron chi connectivity index (χ3n) is 2.97. The van der Waals surface area contributed by atoms with Crippen molar-refractivity contribution in [2.75, 3.05) is 13.1 Å². The van der Waals surface area contributed by atoms with Gasteiger partial charge in [0.25, 0.3) is 0 Å². The van der Waals surface area contributed by atoms with E-state index in [4.69, 9.17) is 4.74 Å². The normalized spacial score (nSPS) is 29.8. The van der Waals surface area contributed by atoms with Crippen LogP contribution in [0.25, 0.3) is 0 Å². The number of fused-ring (bicyclic) bond motifs is 1. The number of rotatable bonds is 0. The predicted molar refractivity (Wildman–Crippen MR) is 54.4 cm³/mol. The Labute approximate surface area is 89.6 Å². The lowest BCUT2D eigenvalue weighted by molar-refractivity contribution is -0.131. The Balaban J connectivity index is 1.91. The summed E-state index contributed by atoms with van der Waals surface area (Å²) in [7, 11) is 0. The Kier molecular flexibility index (Phi) is 2.24. The predicted octanol–water partition coefficient (Wildman–Crippen LogP) is 1.44. The summed E-state index contributed by atoms with van der Waals surface area (Å²) in [5.41, 5.74) is -0.456. The summed E-state index contributed by atoms with van der Waals surface area (Å²) in [4.78, 5) is 24.5. The van der Waals surface area contributed by atoms with Gasteiger partial charge in [0.1, 0.15) is 11.4 Å². The van der Waals surface area contributed by atoms with Gasteiger partial charge in [-0.3, -0.25) is 4.79 Å². The second-order valence-electron chi connectivity index (χ2n) is 5.42. The van der Waals surface area contributed by atoms with Gasteiger partial charge in [0.15, 0.2) is 0 Å². The average molecular weight is 211 g/mol. The number of amides is 1. The van der Waals surface area contributed by atoms with Crippen molar-refractivity contribution in [3.05, 3.63) is 0 Å². The molecule has 1 saturated carbocycles. The van der Waals surface area contributed by atoms with Crippen LogP contribution in [0.4, 0.5) is 4.79 Å². The van der Waals surface area contributed by atoms with E-state index in [1.165, 1.54) is 0 Å². The van der Waals surface area contributed by atoms with Crippen LogP contribution in [-0.2, 0) is 9.53 Å². The largest absolute Gasteiger partial charge is 0.444 e. The summed E-state index contributed by atoms with van der Waals surface area (Å²) in [6.07, 6.45) is 0.356. The fourth-order valence-corrected chi connectivity index (χ4v) is 2.17. The maximum Gasteiger partial charge on any atom is 0.410 e. The lowest BCUT2D eigenvalue weighted by Crippen LogP contribution is -2.36. The van der Waals surface area contributed by atoms with Crippen LogP contribution in [-0.4, -0.2) is 35.5 Å². The van der Waals surface area contributed by atoms with Gasteiger partial charge in [-0.15, -0.1) is 0 Å². The first-order chi connectivity index (χ1) is 6.87. The van der Waals surface area contributed by atoms with E-state index in [1.807, 2.05) is 20.8 Å². The topological polar surface area (TPSA) is 46.6 Å². The Morgan fingerprint density at radius 3 is 2.53 bits per heavy atom.